The Labute approximate surface area is 153 Å². The van der Waals surface area contributed by atoms with Gasteiger partial charge in [-0.25, -0.2) is 0 Å². The topological polar surface area (TPSA) is 58.4 Å². The quantitative estimate of drug-likeness (QED) is 0.878. The van der Waals surface area contributed by atoms with E-state index in [1.54, 1.807) is 17.4 Å². The predicted molar refractivity (Wildman–Crippen MR) is 101 cm³/mol. The van der Waals surface area contributed by atoms with Gasteiger partial charge in [-0.3, -0.25) is 9.69 Å². The van der Waals surface area contributed by atoms with Crippen molar-refractivity contribution in [1.29, 1.82) is 0 Å². The number of nitrogens with one attached hydrogen (secondary N) is 1. The van der Waals surface area contributed by atoms with Crippen molar-refractivity contribution in [2.45, 2.75) is 39.7 Å². The molecule has 0 saturated carbocycles. The van der Waals surface area contributed by atoms with Crippen LogP contribution in [0.4, 0.5) is 0 Å². The molecule has 0 aliphatic carbocycles. The lowest BCUT2D eigenvalue weighted by atomic mass is 9.88. The third-order valence-electron chi connectivity index (χ3n) is 4.91. The number of carbonyl (C=O) groups excluding carboxylic acids is 1. The molecule has 0 spiro atoms. The van der Waals surface area contributed by atoms with Crippen LogP contribution in [0.3, 0.4) is 0 Å². The van der Waals surface area contributed by atoms with Gasteiger partial charge >= 0.3 is 0 Å². The highest BCUT2D eigenvalue weighted by atomic mass is 32.1. The summed E-state index contributed by atoms with van der Waals surface area (Å²) in [6, 6.07) is 5.61. The molecule has 2 atom stereocenters. The number of thiophene rings is 1. The zero-order chi connectivity index (χ0) is 18.0. The Morgan fingerprint density at radius 3 is 2.76 bits per heavy atom. The first kappa shape index (κ1) is 18.1. The van der Waals surface area contributed by atoms with E-state index < -0.39 is 0 Å². The summed E-state index contributed by atoms with van der Waals surface area (Å²) in [6.45, 7) is 11.7. The number of hydrogen-bond donors (Lipinski definition) is 1. The molecule has 1 aliphatic rings. The first-order valence-corrected chi connectivity index (χ1v) is 9.77. The van der Waals surface area contributed by atoms with Gasteiger partial charge in [-0.1, -0.05) is 25.1 Å². The number of piperidine rings is 1. The lowest BCUT2D eigenvalue weighted by Gasteiger charge is -2.45. The van der Waals surface area contributed by atoms with Gasteiger partial charge in [0, 0.05) is 31.2 Å². The molecule has 5 nitrogen and oxygen atoms in total. The Morgan fingerprint density at radius 2 is 2.12 bits per heavy atom. The van der Waals surface area contributed by atoms with Gasteiger partial charge in [0.15, 0.2) is 11.5 Å². The summed E-state index contributed by atoms with van der Waals surface area (Å²) in [5.41, 5.74) is 0.249. The van der Waals surface area contributed by atoms with Crippen LogP contribution in [0.2, 0.25) is 0 Å². The Hall–Kier alpha value is -1.66. The lowest BCUT2D eigenvalue weighted by molar-refractivity contribution is 0.0444. The SMILES string of the molecule is CC1CC(C)CN(C(C)(C)CNC(=O)c2cc(-c3cccs3)on2)C1. The Morgan fingerprint density at radius 1 is 1.40 bits per heavy atom. The highest BCUT2D eigenvalue weighted by Crippen LogP contribution is 2.27. The fourth-order valence-corrected chi connectivity index (χ4v) is 4.25. The van der Waals surface area contributed by atoms with E-state index in [2.05, 4.69) is 43.1 Å². The number of nitrogens with zero attached hydrogens (tertiary/aromatic N) is 2. The molecule has 136 valence electrons. The summed E-state index contributed by atoms with van der Waals surface area (Å²) in [6.07, 6.45) is 1.28. The van der Waals surface area contributed by atoms with Crippen molar-refractivity contribution >= 4 is 17.2 Å². The fourth-order valence-electron chi connectivity index (χ4n) is 3.57. The standard InChI is InChI=1S/C19H27N3O2S/c1-13-8-14(2)11-22(10-13)19(3,4)12-20-18(23)15-9-16(24-21-15)17-6-5-7-25-17/h5-7,9,13-14H,8,10-12H2,1-4H3,(H,20,23). The van der Waals surface area contributed by atoms with Crippen LogP contribution in [0, 0.1) is 11.8 Å². The van der Waals surface area contributed by atoms with Gasteiger partial charge in [-0.05, 0) is 43.6 Å². The predicted octanol–water partition coefficient (Wildman–Crippen LogP) is 3.89. The summed E-state index contributed by atoms with van der Waals surface area (Å²) >= 11 is 1.57. The molecule has 1 N–H and O–H groups in total. The minimum Gasteiger partial charge on any atom is -0.355 e. The summed E-state index contributed by atoms with van der Waals surface area (Å²) < 4.78 is 5.30. The van der Waals surface area contributed by atoms with Crippen LogP contribution in [-0.2, 0) is 0 Å². The normalized spacial score (nSPS) is 22.1. The average molecular weight is 362 g/mol. The number of hydrogen-bond acceptors (Lipinski definition) is 5. The van der Waals surface area contributed by atoms with E-state index in [0.29, 0.717) is 29.8 Å². The Bertz CT molecular complexity index is 698. The van der Waals surface area contributed by atoms with Crippen LogP contribution in [0.5, 0.6) is 0 Å². The number of carbonyl (C=O) groups is 1. The van der Waals surface area contributed by atoms with Crippen molar-refractivity contribution in [2.24, 2.45) is 11.8 Å². The van der Waals surface area contributed by atoms with E-state index >= 15 is 0 Å². The third-order valence-corrected chi connectivity index (χ3v) is 5.80. The highest BCUT2D eigenvalue weighted by molar-refractivity contribution is 7.13. The minimum absolute atomic E-state index is 0.0844. The maximum Gasteiger partial charge on any atom is 0.273 e. The van der Waals surface area contributed by atoms with E-state index in [-0.39, 0.29) is 11.4 Å². The summed E-state index contributed by atoms with van der Waals surface area (Å²) in [7, 11) is 0. The smallest absolute Gasteiger partial charge is 0.273 e. The molecule has 1 amide bonds. The van der Waals surface area contributed by atoms with Gasteiger partial charge in [-0.2, -0.15) is 0 Å². The average Bonchev–Trinajstić information content (AvgIpc) is 3.22. The molecule has 0 bridgehead atoms. The summed E-state index contributed by atoms with van der Waals surface area (Å²) in [4.78, 5) is 15.9. The number of aromatic nitrogens is 1. The minimum atomic E-state index is -0.183. The van der Waals surface area contributed by atoms with Crippen LogP contribution in [0.1, 0.15) is 44.6 Å². The number of rotatable bonds is 5. The second-order valence-electron chi connectivity index (χ2n) is 7.90. The van der Waals surface area contributed by atoms with E-state index in [1.165, 1.54) is 6.42 Å². The van der Waals surface area contributed by atoms with Crippen molar-refractivity contribution < 1.29 is 9.32 Å². The van der Waals surface area contributed by atoms with Crippen LogP contribution in [0.15, 0.2) is 28.1 Å². The Kier molecular flexibility index (Phi) is 5.29. The summed E-state index contributed by atoms with van der Waals surface area (Å²) in [5, 5.41) is 8.91. The number of likely N-dealkylation sites (tertiary alicyclic amines) is 1. The van der Waals surface area contributed by atoms with Crippen LogP contribution >= 0.6 is 11.3 Å². The highest BCUT2D eigenvalue weighted by Gasteiger charge is 2.33. The van der Waals surface area contributed by atoms with Crippen molar-refractivity contribution in [3.63, 3.8) is 0 Å². The Balaban J connectivity index is 1.59. The van der Waals surface area contributed by atoms with Crippen molar-refractivity contribution in [1.82, 2.24) is 15.4 Å². The molecule has 3 heterocycles. The molecular weight excluding hydrogens is 334 g/mol. The molecule has 2 unspecified atom stereocenters. The molecule has 1 saturated heterocycles. The van der Waals surface area contributed by atoms with Gasteiger partial charge < -0.3 is 9.84 Å². The van der Waals surface area contributed by atoms with Crippen LogP contribution < -0.4 is 5.32 Å². The third kappa shape index (κ3) is 4.30. The van der Waals surface area contributed by atoms with Gasteiger partial charge in [0.05, 0.1) is 4.88 Å². The van der Waals surface area contributed by atoms with Gasteiger partial charge in [0.25, 0.3) is 5.91 Å². The van der Waals surface area contributed by atoms with Crippen LogP contribution in [0.25, 0.3) is 10.6 Å². The van der Waals surface area contributed by atoms with Crippen molar-refractivity contribution in [3.05, 3.63) is 29.3 Å². The van der Waals surface area contributed by atoms with Crippen molar-refractivity contribution in [2.75, 3.05) is 19.6 Å². The largest absolute Gasteiger partial charge is 0.355 e. The maximum atomic E-state index is 12.4. The van der Waals surface area contributed by atoms with Gasteiger partial charge in [0.2, 0.25) is 0 Å². The second-order valence-corrected chi connectivity index (χ2v) is 8.85. The van der Waals surface area contributed by atoms with E-state index in [4.69, 9.17) is 4.52 Å². The molecule has 25 heavy (non-hydrogen) atoms. The molecule has 1 aliphatic heterocycles. The molecular formula is C19H27N3O2S. The molecule has 6 heteroatoms. The van der Waals surface area contributed by atoms with E-state index in [0.717, 1.165) is 18.0 Å². The lowest BCUT2D eigenvalue weighted by Crippen LogP contribution is -2.56. The zero-order valence-corrected chi connectivity index (χ0v) is 16.2. The molecule has 2 aromatic heterocycles. The molecule has 1 fully saturated rings. The first-order valence-electron chi connectivity index (χ1n) is 8.89. The second kappa shape index (κ2) is 7.30. The monoisotopic (exact) mass is 361 g/mol. The van der Waals surface area contributed by atoms with E-state index in [9.17, 15) is 4.79 Å². The molecule has 0 aromatic carbocycles. The zero-order valence-electron chi connectivity index (χ0n) is 15.4. The fraction of sp³-hybridized carbons (Fsp3) is 0.579. The van der Waals surface area contributed by atoms with E-state index in [1.807, 2.05) is 17.5 Å². The summed E-state index contributed by atoms with van der Waals surface area (Å²) in [5.74, 6) is 1.85. The van der Waals surface area contributed by atoms with Gasteiger partial charge in [-0.15, -0.1) is 11.3 Å². The van der Waals surface area contributed by atoms with Crippen molar-refractivity contribution in [3.8, 4) is 10.6 Å². The van der Waals surface area contributed by atoms with Crippen LogP contribution in [-0.4, -0.2) is 41.1 Å². The number of amides is 1. The maximum absolute atomic E-state index is 12.4. The molecule has 0 radical (unpaired) electrons. The molecule has 2 aromatic rings. The first-order chi connectivity index (χ1) is 11.8. The van der Waals surface area contributed by atoms with Gasteiger partial charge in [0.1, 0.15) is 0 Å². The molecule has 3 rings (SSSR count).